The number of anilines is 1. The van der Waals surface area contributed by atoms with Crippen LogP contribution >= 0.6 is 15.9 Å². The molecule has 0 aliphatic rings. The predicted octanol–water partition coefficient (Wildman–Crippen LogP) is 5.38. The first kappa shape index (κ1) is 26.8. The number of hydrogen-bond acceptors (Lipinski definition) is 5. The van der Waals surface area contributed by atoms with Crippen LogP contribution in [0.3, 0.4) is 0 Å². The van der Waals surface area contributed by atoms with Crippen LogP contribution in [0.15, 0.2) is 53.0 Å². The molecule has 0 saturated heterocycles. The molecular formula is C26H20BrF3N6O2. The molecule has 0 unspecified atom stereocenters. The van der Waals surface area contributed by atoms with Crippen molar-refractivity contribution >= 4 is 44.3 Å². The smallest absolute Gasteiger partial charge is 0.339 e. The van der Waals surface area contributed by atoms with Crippen LogP contribution in [0.2, 0.25) is 0 Å². The molecule has 0 bridgehead atoms. The van der Waals surface area contributed by atoms with Crippen molar-refractivity contribution in [2.24, 2.45) is 0 Å². The van der Waals surface area contributed by atoms with E-state index in [0.717, 1.165) is 11.6 Å². The highest BCUT2D eigenvalue weighted by molar-refractivity contribution is 9.10. The fourth-order valence-corrected chi connectivity index (χ4v) is 4.26. The standard InChI is InChI=1S/C26H20BrF3N6O2/c1-14-23(15(2)36(35-14)13-16-3-5-17(6-4-16)24(37)32-10-9-31)34-25(38)20-12-22(26(28,29)30)33-21-8-7-18(27)11-19(20)21/h3-8,11-12H,10,13H2,1-2H3,(H,32,37)(H,34,38). The fraction of sp³-hybridized carbons (Fsp3) is 0.192. The minimum atomic E-state index is -4.72. The summed E-state index contributed by atoms with van der Waals surface area (Å²) in [6.07, 6.45) is -4.72. The molecule has 194 valence electrons. The van der Waals surface area contributed by atoms with E-state index >= 15 is 0 Å². The summed E-state index contributed by atoms with van der Waals surface area (Å²) in [7, 11) is 0. The molecule has 0 atom stereocenters. The van der Waals surface area contributed by atoms with Gasteiger partial charge in [-0.25, -0.2) is 4.98 Å². The quantitative estimate of drug-likeness (QED) is 0.295. The topological polar surface area (TPSA) is 113 Å². The van der Waals surface area contributed by atoms with E-state index in [4.69, 9.17) is 5.26 Å². The first-order chi connectivity index (χ1) is 18.0. The van der Waals surface area contributed by atoms with Crippen LogP contribution in [-0.2, 0) is 12.7 Å². The Hall–Kier alpha value is -4.24. The van der Waals surface area contributed by atoms with Crippen molar-refractivity contribution in [3.63, 3.8) is 0 Å². The first-order valence-corrected chi connectivity index (χ1v) is 12.0. The van der Waals surface area contributed by atoms with Gasteiger partial charge >= 0.3 is 6.18 Å². The number of nitrogens with one attached hydrogen (secondary N) is 2. The highest BCUT2D eigenvalue weighted by Crippen LogP contribution is 2.32. The van der Waals surface area contributed by atoms with Crippen molar-refractivity contribution in [1.82, 2.24) is 20.1 Å². The van der Waals surface area contributed by atoms with Gasteiger partial charge in [0.15, 0.2) is 0 Å². The van der Waals surface area contributed by atoms with Crippen LogP contribution in [0.25, 0.3) is 10.9 Å². The number of hydrogen-bond donors (Lipinski definition) is 2. The number of carbonyl (C=O) groups excluding carboxylic acids is 2. The second kappa shape index (κ2) is 10.6. The lowest BCUT2D eigenvalue weighted by Gasteiger charge is -2.13. The van der Waals surface area contributed by atoms with E-state index in [1.807, 2.05) is 6.07 Å². The lowest BCUT2D eigenvalue weighted by Crippen LogP contribution is -2.23. The molecule has 12 heteroatoms. The average molecular weight is 585 g/mol. The van der Waals surface area contributed by atoms with Gasteiger partial charge in [-0.3, -0.25) is 14.3 Å². The maximum atomic E-state index is 13.5. The molecule has 2 heterocycles. The lowest BCUT2D eigenvalue weighted by atomic mass is 10.1. The SMILES string of the molecule is Cc1nn(Cc2ccc(C(=O)NCC#N)cc2)c(C)c1NC(=O)c1cc(C(F)(F)F)nc2ccc(Br)cc12. The van der Waals surface area contributed by atoms with E-state index in [2.05, 4.69) is 36.6 Å². The molecule has 0 aliphatic heterocycles. The molecule has 4 rings (SSSR count). The van der Waals surface area contributed by atoms with Crippen molar-refractivity contribution in [2.75, 3.05) is 11.9 Å². The number of carbonyl (C=O) groups is 2. The number of benzene rings is 2. The predicted molar refractivity (Wildman–Crippen MR) is 138 cm³/mol. The van der Waals surface area contributed by atoms with E-state index in [0.29, 0.717) is 33.7 Å². The van der Waals surface area contributed by atoms with Crippen LogP contribution in [0.5, 0.6) is 0 Å². The van der Waals surface area contributed by atoms with Crippen molar-refractivity contribution in [3.05, 3.63) is 86.8 Å². The van der Waals surface area contributed by atoms with Gasteiger partial charge in [-0.05, 0) is 55.8 Å². The summed E-state index contributed by atoms with van der Waals surface area (Å²) in [6, 6.07) is 13.8. The van der Waals surface area contributed by atoms with Gasteiger partial charge in [0.05, 0.1) is 40.8 Å². The minimum Gasteiger partial charge on any atom is -0.339 e. The number of fused-ring (bicyclic) bond motifs is 1. The number of nitrogens with zero attached hydrogens (tertiary/aromatic N) is 4. The molecule has 0 radical (unpaired) electrons. The number of pyridine rings is 1. The highest BCUT2D eigenvalue weighted by Gasteiger charge is 2.34. The van der Waals surface area contributed by atoms with Gasteiger partial charge in [-0.1, -0.05) is 28.1 Å². The van der Waals surface area contributed by atoms with Crippen LogP contribution in [-0.4, -0.2) is 33.1 Å². The minimum absolute atomic E-state index is 0.0436. The Morgan fingerprint density at radius 3 is 2.45 bits per heavy atom. The summed E-state index contributed by atoms with van der Waals surface area (Å²) in [5, 5.41) is 18.5. The molecule has 4 aromatic rings. The molecule has 8 nitrogen and oxygen atoms in total. The lowest BCUT2D eigenvalue weighted by molar-refractivity contribution is -0.141. The van der Waals surface area contributed by atoms with Gasteiger partial charge in [0, 0.05) is 15.4 Å². The van der Waals surface area contributed by atoms with Gasteiger partial charge < -0.3 is 10.6 Å². The molecular weight excluding hydrogens is 565 g/mol. The fourth-order valence-electron chi connectivity index (χ4n) is 3.90. The van der Waals surface area contributed by atoms with Gasteiger partial charge in [-0.15, -0.1) is 0 Å². The molecule has 0 spiro atoms. The maximum absolute atomic E-state index is 13.5. The summed E-state index contributed by atoms with van der Waals surface area (Å²) >= 11 is 3.29. The van der Waals surface area contributed by atoms with E-state index in [9.17, 15) is 22.8 Å². The van der Waals surface area contributed by atoms with Gasteiger partial charge in [-0.2, -0.15) is 23.5 Å². The van der Waals surface area contributed by atoms with Crippen LogP contribution in [0.4, 0.5) is 18.9 Å². The van der Waals surface area contributed by atoms with E-state index < -0.39 is 17.8 Å². The Morgan fingerprint density at radius 2 is 1.79 bits per heavy atom. The van der Waals surface area contributed by atoms with Crippen LogP contribution < -0.4 is 10.6 Å². The number of aryl methyl sites for hydroxylation is 1. The molecule has 2 amide bonds. The molecule has 0 aliphatic carbocycles. The largest absolute Gasteiger partial charge is 0.433 e. The number of halogens is 4. The third kappa shape index (κ3) is 5.68. The third-order valence-corrected chi connectivity index (χ3v) is 6.30. The molecule has 2 aromatic heterocycles. The zero-order chi connectivity index (χ0) is 27.6. The van der Waals surface area contributed by atoms with Gasteiger partial charge in [0.1, 0.15) is 12.2 Å². The third-order valence-electron chi connectivity index (χ3n) is 5.80. The molecule has 38 heavy (non-hydrogen) atoms. The second-order valence-electron chi connectivity index (χ2n) is 8.41. The Bertz CT molecular complexity index is 1590. The van der Waals surface area contributed by atoms with Crippen molar-refractivity contribution in [3.8, 4) is 6.07 Å². The average Bonchev–Trinajstić information content (AvgIpc) is 3.13. The molecule has 0 saturated carbocycles. The number of amides is 2. The molecule has 2 aromatic carbocycles. The zero-order valence-corrected chi connectivity index (χ0v) is 21.7. The first-order valence-electron chi connectivity index (χ1n) is 11.2. The second-order valence-corrected chi connectivity index (χ2v) is 9.33. The summed E-state index contributed by atoms with van der Waals surface area (Å²) in [5.74, 6) is -1.09. The van der Waals surface area contributed by atoms with Crippen molar-refractivity contribution < 1.29 is 22.8 Å². The summed E-state index contributed by atoms with van der Waals surface area (Å²) in [4.78, 5) is 28.9. The Labute approximate surface area is 223 Å². The summed E-state index contributed by atoms with van der Waals surface area (Å²) in [6.45, 7) is 3.66. The Kier molecular flexibility index (Phi) is 7.50. The molecule has 0 fully saturated rings. The monoisotopic (exact) mass is 584 g/mol. The Morgan fingerprint density at radius 1 is 1.08 bits per heavy atom. The van der Waals surface area contributed by atoms with Crippen molar-refractivity contribution in [2.45, 2.75) is 26.6 Å². The van der Waals surface area contributed by atoms with Gasteiger partial charge in [0.25, 0.3) is 11.8 Å². The number of aromatic nitrogens is 3. The summed E-state index contributed by atoms with van der Waals surface area (Å²) < 4.78 is 42.7. The number of alkyl halides is 3. The molecule has 2 N–H and O–H groups in total. The van der Waals surface area contributed by atoms with Crippen LogP contribution in [0.1, 0.15) is 43.4 Å². The van der Waals surface area contributed by atoms with Crippen LogP contribution in [0, 0.1) is 25.2 Å². The highest BCUT2D eigenvalue weighted by atomic mass is 79.9. The van der Waals surface area contributed by atoms with E-state index in [-0.39, 0.29) is 28.9 Å². The van der Waals surface area contributed by atoms with Gasteiger partial charge in [0.2, 0.25) is 0 Å². The number of nitriles is 1. The van der Waals surface area contributed by atoms with E-state index in [1.165, 1.54) is 6.07 Å². The normalized spacial score (nSPS) is 11.3. The van der Waals surface area contributed by atoms with E-state index in [1.54, 1.807) is 54.9 Å². The number of rotatable bonds is 6. The maximum Gasteiger partial charge on any atom is 0.433 e. The Balaban J connectivity index is 1.60. The summed E-state index contributed by atoms with van der Waals surface area (Å²) in [5.41, 5.74) is 1.41. The van der Waals surface area contributed by atoms with Crippen molar-refractivity contribution in [1.29, 1.82) is 5.26 Å². The zero-order valence-electron chi connectivity index (χ0n) is 20.2.